The van der Waals surface area contributed by atoms with E-state index >= 15 is 0 Å². The Morgan fingerprint density at radius 1 is 1.24 bits per heavy atom. The van der Waals surface area contributed by atoms with E-state index in [1.165, 1.54) is 56.8 Å². The largest absolute Gasteiger partial charge is 0.369 e. The molecule has 1 atom stereocenters. The number of benzene rings is 1. The topological polar surface area (TPSA) is 18.5 Å². The summed E-state index contributed by atoms with van der Waals surface area (Å²) in [6, 6.07) is 6.21. The molecule has 0 aliphatic carbocycles. The van der Waals surface area contributed by atoms with E-state index in [0.29, 0.717) is 0 Å². The van der Waals surface area contributed by atoms with Crippen LogP contribution in [0.2, 0.25) is 5.02 Å². The third-order valence-corrected chi connectivity index (χ3v) is 5.03. The Hall–Kier alpha value is -0.770. The molecule has 2 saturated heterocycles. The first-order chi connectivity index (χ1) is 10.2. The Kier molecular flexibility index (Phi) is 5.04. The van der Waals surface area contributed by atoms with E-state index in [2.05, 4.69) is 34.2 Å². The summed E-state index contributed by atoms with van der Waals surface area (Å²) in [6.45, 7) is 10.4. The Bertz CT molecular complexity index is 463. The third kappa shape index (κ3) is 3.91. The second kappa shape index (κ2) is 6.99. The van der Waals surface area contributed by atoms with Crippen molar-refractivity contribution in [2.24, 2.45) is 5.92 Å². The summed E-state index contributed by atoms with van der Waals surface area (Å²) in [5, 5.41) is 4.36. The van der Waals surface area contributed by atoms with Crippen LogP contribution in [0.3, 0.4) is 0 Å². The standard InChI is InChI=1S/C17H26ClN3/c1-14-4-5-16(18)11-17(14)21-9-7-20(8-10-21)13-15-3-2-6-19-12-15/h4-5,11,15,19H,2-3,6-10,12-13H2,1H3. The number of hydrogen-bond acceptors (Lipinski definition) is 3. The van der Waals surface area contributed by atoms with Gasteiger partial charge in [-0.25, -0.2) is 0 Å². The van der Waals surface area contributed by atoms with Gasteiger partial charge < -0.3 is 10.2 Å². The molecule has 0 aromatic heterocycles. The molecule has 3 nitrogen and oxygen atoms in total. The number of rotatable bonds is 3. The quantitative estimate of drug-likeness (QED) is 0.926. The molecule has 1 aromatic carbocycles. The molecule has 2 aliphatic rings. The molecule has 21 heavy (non-hydrogen) atoms. The Morgan fingerprint density at radius 2 is 2.05 bits per heavy atom. The Morgan fingerprint density at radius 3 is 2.76 bits per heavy atom. The summed E-state index contributed by atoms with van der Waals surface area (Å²) in [5.74, 6) is 0.846. The van der Waals surface area contributed by atoms with Crippen molar-refractivity contribution in [2.75, 3.05) is 50.7 Å². The van der Waals surface area contributed by atoms with Crippen molar-refractivity contribution in [2.45, 2.75) is 19.8 Å². The summed E-state index contributed by atoms with van der Waals surface area (Å²) in [6.07, 6.45) is 2.73. The molecule has 2 fully saturated rings. The first-order valence-corrected chi connectivity index (χ1v) is 8.54. The molecule has 2 aliphatic heterocycles. The van der Waals surface area contributed by atoms with Crippen LogP contribution in [0.5, 0.6) is 0 Å². The average Bonchev–Trinajstić information content (AvgIpc) is 2.52. The number of piperazine rings is 1. The monoisotopic (exact) mass is 307 g/mol. The van der Waals surface area contributed by atoms with Gasteiger partial charge in [0.25, 0.3) is 0 Å². The maximum atomic E-state index is 6.15. The molecule has 1 aromatic rings. The van der Waals surface area contributed by atoms with Crippen molar-refractivity contribution < 1.29 is 0 Å². The Balaban J connectivity index is 1.53. The summed E-state index contributed by atoms with van der Waals surface area (Å²) >= 11 is 6.15. The number of nitrogens with zero attached hydrogens (tertiary/aromatic N) is 2. The van der Waals surface area contributed by atoms with E-state index in [0.717, 1.165) is 24.0 Å². The SMILES string of the molecule is Cc1ccc(Cl)cc1N1CCN(CC2CCCNC2)CC1. The van der Waals surface area contributed by atoms with Gasteiger partial charge in [0.15, 0.2) is 0 Å². The molecule has 0 radical (unpaired) electrons. The lowest BCUT2D eigenvalue weighted by Crippen LogP contribution is -2.49. The van der Waals surface area contributed by atoms with Crippen LogP contribution in [-0.2, 0) is 0 Å². The lowest BCUT2D eigenvalue weighted by Gasteiger charge is -2.39. The summed E-state index contributed by atoms with van der Waals surface area (Å²) in [5.41, 5.74) is 2.63. The normalized spacial score (nSPS) is 24.3. The van der Waals surface area contributed by atoms with Crippen LogP contribution in [0.25, 0.3) is 0 Å². The van der Waals surface area contributed by atoms with Crippen LogP contribution in [0.1, 0.15) is 18.4 Å². The van der Waals surface area contributed by atoms with Gasteiger partial charge in [0.1, 0.15) is 0 Å². The zero-order valence-electron chi connectivity index (χ0n) is 12.9. The highest BCUT2D eigenvalue weighted by Crippen LogP contribution is 2.25. The van der Waals surface area contributed by atoms with E-state index in [1.54, 1.807) is 0 Å². The predicted octanol–water partition coefficient (Wildman–Crippen LogP) is 2.77. The molecule has 1 N–H and O–H groups in total. The van der Waals surface area contributed by atoms with Crippen LogP contribution in [0.4, 0.5) is 5.69 Å². The van der Waals surface area contributed by atoms with Gasteiger partial charge in [0, 0.05) is 43.4 Å². The highest BCUT2D eigenvalue weighted by molar-refractivity contribution is 6.30. The van der Waals surface area contributed by atoms with Crippen molar-refractivity contribution in [3.05, 3.63) is 28.8 Å². The molecule has 0 amide bonds. The first-order valence-electron chi connectivity index (χ1n) is 8.16. The molecule has 2 heterocycles. The minimum atomic E-state index is 0.839. The van der Waals surface area contributed by atoms with E-state index in [-0.39, 0.29) is 0 Å². The smallest absolute Gasteiger partial charge is 0.0426 e. The van der Waals surface area contributed by atoms with Gasteiger partial charge in [0.05, 0.1) is 0 Å². The second-order valence-electron chi connectivity index (χ2n) is 6.43. The number of aryl methyl sites for hydroxylation is 1. The Labute approximate surface area is 133 Å². The summed E-state index contributed by atoms with van der Waals surface area (Å²) in [4.78, 5) is 5.12. The zero-order chi connectivity index (χ0) is 14.7. The van der Waals surface area contributed by atoms with Crippen molar-refractivity contribution in [1.29, 1.82) is 0 Å². The predicted molar refractivity (Wildman–Crippen MR) is 90.4 cm³/mol. The van der Waals surface area contributed by atoms with Gasteiger partial charge in [0.2, 0.25) is 0 Å². The van der Waals surface area contributed by atoms with Crippen LogP contribution in [0, 0.1) is 12.8 Å². The number of piperidine rings is 1. The van der Waals surface area contributed by atoms with Crippen molar-refractivity contribution in [3.63, 3.8) is 0 Å². The summed E-state index contributed by atoms with van der Waals surface area (Å²) in [7, 11) is 0. The van der Waals surface area contributed by atoms with Crippen molar-refractivity contribution >= 4 is 17.3 Å². The fourth-order valence-electron chi connectivity index (χ4n) is 3.54. The van der Waals surface area contributed by atoms with Gasteiger partial charge in [-0.1, -0.05) is 17.7 Å². The molecule has 0 saturated carbocycles. The first kappa shape index (κ1) is 15.1. The molecule has 1 unspecified atom stereocenters. The van der Waals surface area contributed by atoms with Gasteiger partial charge in [-0.3, -0.25) is 4.90 Å². The van der Waals surface area contributed by atoms with Gasteiger partial charge >= 0.3 is 0 Å². The molecule has 116 valence electrons. The van der Waals surface area contributed by atoms with Crippen LogP contribution in [-0.4, -0.2) is 50.7 Å². The number of hydrogen-bond donors (Lipinski definition) is 1. The van der Waals surface area contributed by atoms with E-state index < -0.39 is 0 Å². The van der Waals surface area contributed by atoms with Crippen LogP contribution < -0.4 is 10.2 Å². The van der Waals surface area contributed by atoms with Gasteiger partial charge in [-0.05, 0) is 56.5 Å². The van der Waals surface area contributed by atoms with E-state index in [4.69, 9.17) is 11.6 Å². The molecule has 4 heteroatoms. The minimum absolute atomic E-state index is 0.839. The third-order valence-electron chi connectivity index (χ3n) is 4.80. The van der Waals surface area contributed by atoms with Gasteiger partial charge in [-0.15, -0.1) is 0 Å². The van der Waals surface area contributed by atoms with Crippen molar-refractivity contribution in [3.8, 4) is 0 Å². The molecule has 0 spiro atoms. The van der Waals surface area contributed by atoms with Crippen LogP contribution in [0.15, 0.2) is 18.2 Å². The fourth-order valence-corrected chi connectivity index (χ4v) is 3.71. The van der Waals surface area contributed by atoms with Crippen molar-refractivity contribution in [1.82, 2.24) is 10.2 Å². The highest BCUT2D eigenvalue weighted by Gasteiger charge is 2.22. The molecular formula is C17H26ClN3. The molecule has 0 bridgehead atoms. The minimum Gasteiger partial charge on any atom is -0.369 e. The van der Waals surface area contributed by atoms with Crippen LogP contribution >= 0.6 is 11.6 Å². The van der Waals surface area contributed by atoms with E-state index in [9.17, 15) is 0 Å². The second-order valence-corrected chi connectivity index (χ2v) is 6.87. The maximum absolute atomic E-state index is 6.15. The van der Waals surface area contributed by atoms with E-state index in [1.807, 2.05) is 6.07 Å². The number of anilines is 1. The number of halogens is 1. The maximum Gasteiger partial charge on any atom is 0.0426 e. The average molecular weight is 308 g/mol. The highest BCUT2D eigenvalue weighted by atomic mass is 35.5. The lowest BCUT2D eigenvalue weighted by atomic mass is 9.99. The molecule has 3 rings (SSSR count). The zero-order valence-corrected chi connectivity index (χ0v) is 13.7. The van der Waals surface area contributed by atoms with Gasteiger partial charge in [-0.2, -0.15) is 0 Å². The summed E-state index contributed by atoms with van der Waals surface area (Å²) < 4.78 is 0. The molecular weight excluding hydrogens is 282 g/mol. The lowest BCUT2D eigenvalue weighted by molar-refractivity contribution is 0.199. The fraction of sp³-hybridized carbons (Fsp3) is 0.647. The number of nitrogens with one attached hydrogen (secondary N) is 1.